The summed E-state index contributed by atoms with van der Waals surface area (Å²) in [4.78, 5) is 0. The van der Waals surface area contributed by atoms with Gasteiger partial charge in [-0.15, -0.1) is 0 Å². The Balaban J connectivity index is 2.17. The number of nitrogens with one attached hydrogen (secondary N) is 1. The second kappa shape index (κ2) is 6.53. The molecule has 0 amide bonds. The molecule has 0 aromatic heterocycles. The molecule has 0 spiro atoms. The van der Waals surface area contributed by atoms with E-state index in [2.05, 4.69) is 5.32 Å². The minimum absolute atomic E-state index is 0.281. The molecule has 0 fully saturated rings. The maximum atomic E-state index is 9.84. The summed E-state index contributed by atoms with van der Waals surface area (Å²) in [7, 11) is 0. The topological polar surface area (TPSA) is 41.5 Å². The van der Waals surface area contributed by atoms with Crippen LogP contribution in [0.15, 0.2) is 36.4 Å². The molecule has 0 aliphatic heterocycles. The van der Waals surface area contributed by atoms with Crippen LogP contribution in [0.5, 0.6) is 11.5 Å². The molecule has 106 valence electrons. The van der Waals surface area contributed by atoms with Crippen molar-refractivity contribution in [1.82, 2.24) is 0 Å². The van der Waals surface area contributed by atoms with Crippen LogP contribution in [-0.4, -0.2) is 11.7 Å². The van der Waals surface area contributed by atoms with Crippen LogP contribution in [0.1, 0.15) is 18.1 Å². The highest BCUT2D eigenvalue weighted by molar-refractivity contribution is 6.30. The molecule has 0 saturated carbocycles. The fourth-order valence-electron chi connectivity index (χ4n) is 1.97. The van der Waals surface area contributed by atoms with E-state index in [0.29, 0.717) is 18.2 Å². The number of benzene rings is 2. The summed E-state index contributed by atoms with van der Waals surface area (Å²) < 4.78 is 5.55. The number of anilines is 1. The van der Waals surface area contributed by atoms with Crippen LogP contribution >= 0.6 is 11.6 Å². The van der Waals surface area contributed by atoms with E-state index in [9.17, 15) is 5.11 Å². The van der Waals surface area contributed by atoms with Crippen LogP contribution in [0.2, 0.25) is 5.02 Å². The highest BCUT2D eigenvalue weighted by atomic mass is 35.5. The number of halogens is 1. The van der Waals surface area contributed by atoms with Crippen LogP contribution in [-0.2, 0) is 6.54 Å². The van der Waals surface area contributed by atoms with Gasteiger partial charge in [-0.25, -0.2) is 0 Å². The van der Waals surface area contributed by atoms with E-state index in [1.54, 1.807) is 12.1 Å². The average Bonchev–Trinajstić information content (AvgIpc) is 2.42. The van der Waals surface area contributed by atoms with Gasteiger partial charge in [0.2, 0.25) is 0 Å². The van der Waals surface area contributed by atoms with Gasteiger partial charge in [0.1, 0.15) is 11.5 Å². The molecule has 0 aliphatic rings. The van der Waals surface area contributed by atoms with Gasteiger partial charge in [-0.3, -0.25) is 0 Å². The predicted molar refractivity (Wildman–Crippen MR) is 82.8 cm³/mol. The van der Waals surface area contributed by atoms with Gasteiger partial charge in [0.05, 0.1) is 12.3 Å². The van der Waals surface area contributed by atoms with Crippen LogP contribution < -0.4 is 10.1 Å². The maximum absolute atomic E-state index is 9.84. The van der Waals surface area contributed by atoms with Crippen LogP contribution in [0, 0.1) is 6.92 Å². The molecule has 2 N–H and O–H groups in total. The molecule has 0 aliphatic carbocycles. The first-order valence-corrected chi connectivity index (χ1v) is 6.92. The quantitative estimate of drug-likeness (QED) is 0.860. The van der Waals surface area contributed by atoms with Gasteiger partial charge in [0, 0.05) is 17.1 Å². The first-order valence-electron chi connectivity index (χ1n) is 6.55. The Bertz CT molecular complexity index is 599. The van der Waals surface area contributed by atoms with Gasteiger partial charge in [-0.1, -0.05) is 29.3 Å². The highest BCUT2D eigenvalue weighted by Gasteiger charge is 2.06. The van der Waals surface area contributed by atoms with Gasteiger partial charge in [-0.2, -0.15) is 0 Å². The zero-order valence-electron chi connectivity index (χ0n) is 11.6. The average molecular weight is 292 g/mol. The fourth-order valence-corrected chi connectivity index (χ4v) is 2.14. The lowest BCUT2D eigenvalue weighted by Crippen LogP contribution is -2.03. The molecular weight excluding hydrogens is 274 g/mol. The van der Waals surface area contributed by atoms with E-state index in [0.717, 1.165) is 22.6 Å². The molecule has 2 aromatic carbocycles. The third-order valence-corrected chi connectivity index (χ3v) is 3.18. The maximum Gasteiger partial charge on any atom is 0.142 e. The predicted octanol–water partition coefficient (Wildman–Crippen LogP) is 4.36. The first kappa shape index (κ1) is 14.5. The Hall–Kier alpha value is -1.87. The van der Waals surface area contributed by atoms with E-state index in [4.69, 9.17) is 16.3 Å². The smallest absolute Gasteiger partial charge is 0.142 e. The summed E-state index contributed by atoms with van der Waals surface area (Å²) in [6, 6.07) is 11.0. The molecular formula is C16H18ClNO2. The summed E-state index contributed by atoms with van der Waals surface area (Å²) in [5.74, 6) is 1.03. The Kier molecular flexibility index (Phi) is 4.74. The van der Waals surface area contributed by atoms with Gasteiger partial charge in [-0.05, 0) is 38.1 Å². The number of ether oxygens (including phenoxy) is 1. The first-order chi connectivity index (χ1) is 9.60. The van der Waals surface area contributed by atoms with Crippen molar-refractivity contribution in [3.8, 4) is 11.5 Å². The molecule has 2 rings (SSSR count). The molecule has 0 unspecified atom stereocenters. The van der Waals surface area contributed by atoms with E-state index in [1.165, 1.54) is 0 Å². The summed E-state index contributed by atoms with van der Waals surface area (Å²) in [5, 5.41) is 13.7. The molecule has 2 aromatic rings. The summed E-state index contributed by atoms with van der Waals surface area (Å²) in [6.45, 7) is 5.03. The number of rotatable bonds is 5. The lowest BCUT2D eigenvalue weighted by molar-refractivity contribution is 0.341. The minimum atomic E-state index is 0.281. The zero-order valence-corrected chi connectivity index (χ0v) is 12.4. The third kappa shape index (κ3) is 3.58. The van der Waals surface area contributed by atoms with Gasteiger partial charge in [0.15, 0.2) is 0 Å². The number of phenols is 1. The number of phenolic OH excluding ortho intramolecular Hbond substituents is 1. The fraction of sp³-hybridized carbons (Fsp3) is 0.250. The van der Waals surface area contributed by atoms with Gasteiger partial charge < -0.3 is 15.2 Å². The monoisotopic (exact) mass is 291 g/mol. The Morgan fingerprint density at radius 1 is 1.20 bits per heavy atom. The van der Waals surface area contributed by atoms with E-state index in [-0.39, 0.29) is 5.75 Å². The molecule has 20 heavy (non-hydrogen) atoms. The largest absolute Gasteiger partial charge is 0.508 e. The van der Waals surface area contributed by atoms with E-state index in [1.807, 2.05) is 38.1 Å². The number of aromatic hydroxyl groups is 1. The molecule has 0 bridgehead atoms. The van der Waals surface area contributed by atoms with E-state index >= 15 is 0 Å². The summed E-state index contributed by atoms with van der Waals surface area (Å²) in [6.07, 6.45) is 0. The van der Waals surface area contributed by atoms with Gasteiger partial charge in [0.25, 0.3) is 0 Å². The normalized spacial score (nSPS) is 10.3. The second-order valence-corrected chi connectivity index (χ2v) is 5.00. The van der Waals surface area contributed by atoms with Crippen LogP contribution in [0.3, 0.4) is 0 Å². The van der Waals surface area contributed by atoms with Crippen molar-refractivity contribution in [2.24, 2.45) is 0 Å². The SMILES string of the molecule is CCOc1ccc(Cl)cc1NCc1cc(C)ccc1O. The standard InChI is InChI=1S/C16H18ClNO2/c1-3-20-16-7-5-13(17)9-14(16)18-10-12-8-11(2)4-6-15(12)19/h4-9,18-19H,3,10H2,1-2H3. The van der Waals surface area contributed by atoms with Crippen molar-refractivity contribution in [2.45, 2.75) is 20.4 Å². The van der Waals surface area contributed by atoms with Crippen molar-refractivity contribution in [1.29, 1.82) is 0 Å². The highest BCUT2D eigenvalue weighted by Crippen LogP contribution is 2.29. The molecule has 0 saturated heterocycles. The second-order valence-electron chi connectivity index (χ2n) is 4.56. The molecule has 0 radical (unpaired) electrons. The van der Waals surface area contributed by atoms with E-state index < -0.39 is 0 Å². The molecule has 4 heteroatoms. The van der Waals surface area contributed by atoms with Crippen molar-refractivity contribution in [3.05, 3.63) is 52.5 Å². The molecule has 0 heterocycles. The number of aryl methyl sites for hydroxylation is 1. The molecule has 0 atom stereocenters. The Morgan fingerprint density at radius 2 is 2.00 bits per heavy atom. The summed E-state index contributed by atoms with van der Waals surface area (Å²) in [5.41, 5.74) is 2.77. The Morgan fingerprint density at radius 3 is 2.75 bits per heavy atom. The lowest BCUT2D eigenvalue weighted by atomic mass is 10.1. The van der Waals surface area contributed by atoms with Crippen molar-refractivity contribution in [2.75, 3.05) is 11.9 Å². The van der Waals surface area contributed by atoms with Crippen LogP contribution in [0.4, 0.5) is 5.69 Å². The van der Waals surface area contributed by atoms with Crippen molar-refractivity contribution < 1.29 is 9.84 Å². The number of hydrogen-bond donors (Lipinski definition) is 2. The molecule has 3 nitrogen and oxygen atoms in total. The van der Waals surface area contributed by atoms with Crippen molar-refractivity contribution >= 4 is 17.3 Å². The minimum Gasteiger partial charge on any atom is -0.508 e. The Labute approximate surface area is 124 Å². The lowest BCUT2D eigenvalue weighted by Gasteiger charge is -2.13. The third-order valence-electron chi connectivity index (χ3n) is 2.95. The van der Waals surface area contributed by atoms with Gasteiger partial charge >= 0.3 is 0 Å². The van der Waals surface area contributed by atoms with Crippen molar-refractivity contribution in [3.63, 3.8) is 0 Å². The zero-order chi connectivity index (χ0) is 14.5. The number of hydrogen-bond acceptors (Lipinski definition) is 3. The summed E-state index contributed by atoms with van der Waals surface area (Å²) >= 11 is 6.01. The van der Waals surface area contributed by atoms with Crippen LogP contribution in [0.25, 0.3) is 0 Å².